The van der Waals surface area contributed by atoms with Crippen molar-refractivity contribution in [3.8, 4) is 0 Å². The number of ether oxygens (including phenoxy) is 2. The van der Waals surface area contributed by atoms with Crippen LogP contribution in [0.15, 0.2) is 42.5 Å². The normalized spacial score (nSPS) is 15.6. The molecule has 0 saturated heterocycles. The van der Waals surface area contributed by atoms with Gasteiger partial charge >= 0.3 is 5.97 Å². The number of fused-ring (bicyclic) bond motifs is 1. The van der Waals surface area contributed by atoms with Crippen molar-refractivity contribution in [1.82, 2.24) is 5.32 Å². The molecule has 2 aromatic carbocycles. The fourth-order valence-electron chi connectivity index (χ4n) is 5.39. The van der Waals surface area contributed by atoms with Gasteiger partial charge in [0.1, 0.15) is 0 Å². The van der Waals surface area contributed by atoms with Crippen LogP contribution in [-0.2, 0) is 33.5 Å². The predicted octanol–water partition coefficient (Wildman–Crippen LogP) is 5.10. The van der Waals surface area contributed by atoms with Gasteiger partial charge in [-0.15, -0.1) is 0 Å². The Balaban J connectivity index is 1.46. The van der Waals surface area contributed by atoms with E-state index in [4.69, 9.17) is 9.47 Å². The molecule has 192 valence electrons. The molecular weight excluding hydrogens is 438 g/mol. The highest BCUT2D eigenvalue weighted by atomic mass is 16.5. The number of esters is 1. The Labute approximate surface area is 211 Å². The summed E-state index contributed by atoms with van der Waals surface area (Å²) in [6.45, 7) is 11.5. The Morgan fingerprint density at radius 1 is 1.14 bits per heavy atom. The van der Waals surface area contributed by atoms with Gasteiger partial charge in [0.05, 0.1) is 25.4 Å². The second-order valence-corrected chi connectivity index (χ2v) is 10.6. The van der Waals surface area contributed by atoms with Crippen LogP contribution in [0.1, 0.15) is 74.5 Å². The number of benzene rings is 2. The summed E-state index contributed by atoms with van der Waals surface area (Å²) in [4.78, 5) is 11.8. The van der Waals surface area contributed by atoms with Gasteiger partial charge in [-0.3, -0.25) is 4.79 Å². The molecule has 0 aliphatic heterocycles. The van der Waals surface area contributed by atoms with Crippen LogP contribution in [0.2, 0.25) is 0 Å². The number of rotatable bonds is 13. The number of aliphatic hydroxyl groups excluding tert-OH is 1. The van der Waals surface area contributed by atoms with E-state index in [0.717, 1.165) is 36.0 Å². The van der Waals surface area contributed by atoms with Gasteiger partial charge in [0, 0.05) is 18.5 Å². The fourth-order valence-corrected chi connectivity index (χ4v) is 5.39. The van der Waals surface area contributed by atoms with Crippen molar-refractivity contribution in [1.29, 1.82) is 0 Å². The molecule has 2 aromatic rings. The second kappa shape index (κ2) is 12.7. The molecule has 1 aliphatic rings. The summed E-state index contributed by atoms with van der Waals surface area (Å²) >= 11 is 0. The number of nitrogens with one attached hydrogen (secondary N) is 1. The first kappa shape index (κ1) is 27.4. The predicted molar refractivity (Wildman–Crippen MR) is 141 cm³/mol. The fraction of sp³-hybridized carbons (Fsp3) is 0.567. The third kappa shape index (κ3) is 8.16. The van der Waals surface area contributed by atoms with Crippen molar-refractivity contribution in [2.45, 2.75) is 84.5 Å². The third-order valence-electron chi connectivity index (χ3n) is 7.01. The van der Waals surface area contributed by atoms with Gasteiger partial charge < -0.3 is 19.9 Å². The lowest BCUT2D eigenvalue weighted by atomic mass is 9.88. The zero-order valence-corrected chi connectivity index (χ0v) is 22.1. The molecular formula is C30H43NO4. The number of carbonyl (C=O) groups is 1. The summed E-state index contributed by atoms with van der Waals surface area (Å²) in [5.41, 5.74) is 6.22. The number of β-amino-alcohol motifs (C(OH)–C–C–N with tert-alkyl or cyclic N) is 1. The Bertz CT molecular complexity index is 946. The lowest BCUT2D eigenvalue weighted by Gasteiger charge is -2.31. The number of hydrogen-bond acceptors (Lipinski definition) is 5. The monoisotopic (exact) mass is 481 g/mol. The molecule has 0 bridgehead atoms. The number of aryl methyl sites for hydroxylation is 2. The van der Waals surface area contributed by atoms with E-state index in [1.807, 2.05) is 26.0 Å². The van der Waals surface area contributed by atoms with E-state index in [1.165, 1.54) is 11.1 Å². The minimum Gasteiger partial charge on any atom is -0.466 e. The van der Waals surface area contributed by atoms with Gasteiger partial charge in [-0.1, -0.05) is 42.5 Å². The van der Waals surface area contributed by atoms with E-state index in [0.29, 0.717) is 31.9 Å². The molecule has 0 fully saturated rings. The maximum absolute atomic E-state index is 11.8. The summed E-state index contributed by atoms with van der Waals surface area (Å²) in [7, 11) is 0. The molecule has 2 atom stereocenters. The van der Waals surface area contributed by atoms with E-state index in [9.17, 15) is 9.90 Å². The van der Waals surface area contributed by atoms with Gasteiger partial charge in [0.2, 0.25) is 0 Å². The molecule has 1 aliphatic carbocycles. The van der Waals surface area contributed by atoms with Crippen molar-refractivity contribution < 1.29 is 19.4 Å². The van der Waals surface area contributed by atoms with Gasteiger partial charge in [-0.25, -0.2) is 0 Å². The minimum atomic E-state index is -0.593. The van der Waals surface area contributed by atoms with Gasteiger partial charge in [0.15, 0.2) is 0 Å². The molecule has 0 heterocycles. The van der Waals surface area contributed by atoms with Crippen LogP contribution >= 0.6 is 0 Å². The van der Waals surface area contributed by atoms with Gasteiger partial charge in [-0.05, 0) is 94.0 Å². The third-order valence-corrected chi connectivity index (χ3v) is 7.01. The zero-order valence-electron chi connectivity index (χ0n) is 22.1. The van der Waals surface area contributed by atoms with Gasteiger partial charge in [-0.2, -0.15) is 0 Å². The maximum Gasteiger partial charge on any atom is 0.306 e. The standard InChI is InChI=1S/C30H43NO4/c1-6-34-28(33)15-14-24-13-9-10-21(2)29(24)22(3)35-20-27(32)19-31-30(4,5)18-23-16-25-11-7-8-12-26(25)17-23/h7-13,22-23,27,31-32H,6,14-20H2,1-5H3/t22?,27-/m1/s1. The van der Waals surface area contributed by atoms with Crippen LogP contribution in [0.5, 0.6) is 0 Å². The maximum atomic E-state index is 11.8. The van der Waals surface area contributed by atoms with E-state index in [-0.39, 0.29) is 24.2 Å². The molecule has 2 N–H and O–H groups in total. The molecule has 35 heavy (non-hydrogen) atoms. The average Bonchev–Trinajstić information content (AvgIpc) is 3.21. The molecule has 0 radical (unpaired) electrons. The number of hydrogen-bond donors (Lipinski definition) is 2. The Morgan fingerprint density at radius 3 is 2.49 bits per heavy atom. The van der Waals surface area contributed by atoms with Crippen LogP contribution in [0.3, 0.4) is 0 Å². The molecule has 0 spiro atoms. The highest BCUT2D eigenvalue weighted by molar-refractivity contribution is 5.69. The Kier molecular flexibility index (Phi) is 9.90. The van der Waals surface area contributed by atoms with Crippen molar-refractivity contribution in [3.63, 3.8) is 0 Å². The van der Waals surface area contributed by atoms with Crippen LogP contribution in [0, 0.1) is 12.8 Å². The molecule has 3 rings (SSSR count). The Hall–Kier alpha value is -2.21. The molecule has 0 amide bonds. The molecule has 5 nitrogen and oxygen atoms in total. The summed E-state index contributed by atoms with van der Waals surface area (Å²) in [5.74, 6) is 0.455. The van der Waals surface area contributed by atoms with Crippen LogP contribution in [0.25, 0.3) is 0 Å². The molecule has 1 unspecified atom stereocenters. The topological polar surface area (TPSA) is 67.8 Å². The largest absolute Gasteiger partial charge is 0.466 e. The zero-order chi connectivity index (χ0) is 25.4. The van der Waals surface area contributed by atoms with Crippen molar-refractivity contribution in [2.24, 2.45) is 5.92 Å². The van der Waals surface area contributed by atoms with E-state index in [1.54, 1.807) is 0 Å². The lowest BCUT2D eigenvalue weighted by Crippen LogP contribution is -2.45. The lowest BCUT2D eigenvalue weighted by molar-refractivity contribution is -0.143. The van der Waals surface area contributed by atoms with Gasteiger partial charge in [0.25, 0.3) is 0 Å². The summed E-state index contributed by atoms with van der Waals surface area (Å²) in [6.07, 6.45) is 3.55. The summed E-state index contributed by atoms with van der Waals surface area (Å²) in [5, 5.41) is 14.2. The van der Waals surface area contributed by atoms with Crippen LogP contribution < -0.4 is 5.32 Å². The van der Waals surface area contributed by atoms with E-state index in [2.05, 4.69) is 56.4 Å². The molecule has 0 saturated carbocycles. The number of aliphatic hydroxyl groups is 1. The van der Waals surface area contributed by atoms with Crippen molar-refractivity contribution >= 4 is 5.97 Å². The SMILES string of the molecule is CCOC(=O)CCc1cccc(C)c1C(C)OC[C@H](O)CNC(C)(C)CC1Cc2ccccc2C1. The van der Waals surface area contributed by atoms with E-state index >= 15 is 0 Å². The molecule has 0 aromatic heterocycles. The summed E-state index contributed by atoms with van der Waals surface area (Å²) in [6, 6.07) is 14.9. The quantitative estimate of drug-likeness (QED) is 0.390. The number of carbonyl (C=O) groups excluding carboxylic acids is 1. The molecule has 5 heteroatoms. The highest BCUT2D eigenvalue weighted by Gasteiger charge is 2.28. The summed E-state index contributed by atoms with van der Waals surface area (Å²) < 4.78 is 11.2. The first-order valence-electron chi connectivity index (χ1n) is 13.0. The highest BCUT2D eigenvalue weighted by Crippen LogP contribution is 2.32. The van der Waals surface area contributed by atoms with Crippen LogP contribution in [-0.4, -0.2) is 42.5 Å². The smallest absolute Gasteiger partial charge is 0.306 e. The van der Waals surface area contributed by atoms with Crippen LogP contribution in [0.4, 0.5) is 0 Å². The first-order chi connectivity index (χ1) is 16.7. The average molecular weight is 482 g/mol. The van der Waals surface area contributed by atoms with Crippen molar-refractivity contribution in [2.75, 3.05) is 19.8 Å². The van der Waals surface area contributed by atoms with Crippen molar-refractivity contribution in [3.05, 3.63) is 70.3 Å². The Morgan fingerprint density at radius 2 is 1.83 bits per heavy atom. The van der Waals surface area contributed by atoms with E-state index < -0.39 is 6.10 Å². The minimum absolute atomic E-state index is 0.0599. The first-order valence-corrected chi connectivity index (χ1v) is 13.0. The second-order valence-electron chi connectivity index (χ2n) is 10.6.